The van der Waals surface area contributed by atoms with Gasteiger partial charge in [-0.25, -0.2) is 18.6 Å². The fraction of sp³-hybridized carbons (Fsp3) is 0.409. The first-order valence-electron chi connectivity index (χ1n) is 10.6. The standard InChI is InChI=1S/C22H28N4O6S/c1-5-32-22(28)19-14(2)20(23-15(19)3)16(4)24-25-21(27)17-7-6-8-18(13-17)33(29,30)26-9-11-31-12-10-26/h6-8,13,23H,5,9-12H2,1-4H3,(H,25,27). The van der Waals surface area contributed by atoms with Gasteiger partial charge in [0.25, 0.3) is 5.91 Å². The van der Waals surface area contributed by atoms with E-state index in [4.69, 9.17) is 9.47 Å². The maximum Gasteiger partial charge on any atom is 0.340 e. The van der Waals surface area contributed by atoms with Crippen molar-refractivity contribution in [1.82, 2.24) is 14.7 Å². The third-order valence-corrected chi connectivity index (χ3v) is 7.20. The maximum absolute atomic E-state index is 12.9. The van der Waals surface area contributed by atoms with Gasteiger partial charge in [-0.15, -0.1) is 0 Å². The van der Waals surface area contributed by atoms with Crippen LogP contribution in [-0.2, 0) is 19.5 Å². The van der Waals surface area contributed by atoms with Gasteiger partial charge in [0.15, 0.2) is 0 Å². The first kappa shape index (κ1) is 24.6. The molecule has 11 heteroatoms. The highest BCUT2D eigenvalue weighted by atomic mass is 32.2. The predicted octanol–water partition coefficient (Wildman–Crippen LogP) is 1.98. The number of nitrogens with one attached hydrogen (secondary N) is 2. The van der Waals surface area contributed by atoms with E-state index in [0.717, 1.165) is 0 Å². The normalized spacial score (nSPS) is 15.3. The van der Waals surface area contributed by atoms with Crippen molar-refractivity contribution in [1.29, 1.82) is 0 Å². The van der Waals surface area contributed by atoms with Gasteiger partial charge < -0.3 is 14.5 Å². The van der Waals surface area contributed by atoms with Gasteiger partial charge >= 0.3 is 5.97 Å². The molecule has 0 radical (unpaired) electrons. The number of rotatable bonds is 7. The molecular formula is C22H28N4O6S. The van der Waals surface area contributed by atoms with Crippen LogP contribution in [0.2, 0.25) is 0 Å². The molecule has 2 heterocycles. The van der Waals surface area contributed by atoms with Crippen molar-refractivity contribution < 1.29 is 27.5 Å². The summed E-state index contributed by atoms with van der Waals surface area (Å²) in [6.45, 7) is 8.43. The van der Waals surface area contributed by atoms with Crippen molar-refractivity contribution >= 4 is 27.6 Å². The number of carbonyl (C=O) groups excluding carboxylic acids is 2. The van der Waals surface area contributed by atoms with Crippen molar-refractivity contribution in [2.75, 3.05) is 32.9 Å². The van der Waals surface area contributed by atoms with Crippen LogP contribution in [0, 0.1) is 13.8 Å². The molecule has 1 aromatic heterocycles. The third-order valence-electron chi connectivity index (χ3n) is 5.31. The lowest BCUT2D eigenvalue weighted by atomic mass is 10.1. The molecule has 178 valence electrons. The van der Waals surface area contributed by atoms with E-state index in [9.17, 15) is 18.0 Å². The van der Waals surface area contributed by atoms with Crippen LogP contribution in [0.25, 0.3) is 0 Å². The van der Waals surface area contributed by atoms with Crippen molar-refractivity contribution in [2.24, 2.45) is 5.10 Å². The fourth-order valence-corrected chi connectivity index (χ4v) is 5.06. The number of aromatic nitrogens is 1. The molecule has 0 unspecified atom stereocenters. The Morgan fingerprint density at radius 2 is 1.94 bits per heavy atom. The van der Waals surface area contributed by atoms with Crippen LogP contribution in [0.4, 0.5) is 0 Å². The van der Waals surface area contributed by atoms with Crippen LogP contribution >= 0.6 is 0 Å². The SMILES string of the molecule is CCOC(=O)c1c(C)[nH]c(C(C)=NNC(=O)c2cccc(S(=O)(=O)N3CCOCC3)c2)c1C. The molecule has 2 N–H and O–H groups in total. The first-order valence-corrected chi connectivity index (χ1v) is 12.0. The number of aromatic amines is 1. The molecule has 3 rings (SSSR count). The summed E-state index contributed by atoms with van der Waals surface area (Å²) in [4.78, 5) is 28.0. The molecule has 10 nitrogen and oxygen atoms in total. The summed E-state index contributed by atoms with van der Waals surface area (Å²) in [5.41, 5.74) is 5.41. The smallest absolute Gasteiger partial charge is 0.340 e. The second-order valence-electron chi connectivity index (χ2n) is 7.53. The van der Waals surface area contributed by atoms with Gasteiger partial charge in [-0.05, 0) is 51.5 Å². The van der Waals surface area contributed by atoms with Gasteiger partial charge in [0.1, 0.15) is 0 Å². The van der Waals surface area contributed by atoms with Crippen molar-refractivity contribution in [3.8, 4) is 0 Å². The summed E-state index contributed by atoms with van der Waals surface area (Å²) in [7, 11) is -3.72. The lowest BCUT2D eigenvalue weighted by molar-refractivity contribution is 0.0524. The summed E-state index contributed by atoms with van der Waals surface area (Å²) in [5.74, 6) is -0.981. The summed E-state index contributed by atoms with van der Waals surface area (Å²) >= 11 is 0. The monoisotopic (exact) mass is 476 g/mol. The molecule has 0 bridgehead atoms. The quantitative estimate of drug-likeness (QED) is 0.357. The Bertz CT molecular complexity index is 1180. The zero-order chi connectivity index (χ0) is 24.2. The average molecular weight is 477 g/mol. The minimum Gasteiger partial charge on any atom is -0.462 e. The summed E-state index contributed by atoms with van der Waals surface area (Å²) in [6.07, 6.45) is 0. The van der Waals surface area contributed by atoms with Gasteiger partial charge in [0.2, 0.25) is 10.0 Å². The molecule has 1 aliphatic rings. The summed E-state index contributed by atoms with van der Waals surface area (Å²) in [5, 5.41) is 4.13. The number of ether oxygens (including phenoxy) is 2. The molecule has 1 aromatic carbocycles. The number of benzene rings is 1. The Hall–Kier alpha value is -3.02. The first-order chi connectivity index (χ1) is 15.7. The van der Waals surface area contributed by atoms with E-state index in [0.29, 0.717) is 41.4 Å². The summed E-state index contributed by atoms with van der Waals surface area (Å²) < 4.78 is 37.4. The van der Waals surface area contributed by atoms with Gasteiger partial charge in [0.05, 0.1) is 41.7 Å². The van der Waals surface area contributed by atoms with Crippen LogP contribution in [-0.4, -0.2) is 68.2 Å². The average Bonchev–Trinajstić information content (AvgIpc) is 3.12. The second kappa shape index (κ2) is 10.3. The number of esters is 1. The summed E-state index contributed by atoms with van der Waals surface area (Å²) in [6, 6.07) is 5.82. The number of aryl methyl sites for hydroxylation is 1. The Kier molecular flexibility index (Phi) is 7.67. The molecular weight excluding hydrogens is 448 g/mol. The van der Waals surface area contributed by atoms with Gasteiger partial charge in [-0.1, -0.05) is 6.07 Å². The highest BCUT2D eigenvalue weighted by Gasteiger charge is 2.27. The van der Waals surface area contributed by atoms with Crippen LogP contribution in [0.15, 0.2) is 34.3 Å². The largest absolute Gasteiger partial charge is 0.462 e. The number of H-pyrrole nitrogens is 1. The van der Waals surface area contributed by atoms with E-state index in [2.05, 4.69) is 15.5 Å². The molecule has 1 saturated heterocycles. The number of hydrogen-bond donors (Lipinski definition) is 2. The molecule has 0 atom stereocenters. The fourth-order valence-electron chi connectivity index (χ4n) is 3.61. The van der Waals surface area contributed by atoms with Crippen molar-refractivity contribution in [2.45, 2.75) is 32.6 Å². The minimum atomic E-state index is -3.72. The molecule has 2 aromatic rings. The van der Waals surface area contributed by atoms with E-state index in [1.807, 2.05) is 0 Å². The number of nitrogens with zero attached hydrogens (tertiary/aromatic N) is 2. The van der Waals surface area contributed by atoms with E-state index < -0.39 is 21.9 Å². The predicted molar refractivity (Wildman–Crippen MR) is 122 cm³/mol. The lowest BCUT2D eigenvalue weighted by Gasteiger charge is -2.26. The molecule has 0 spiro atoms. The van der Waals surface area contributed by atoms with E-state index in [-0.39, 0.29) is 30.2 Å². The molecule has 0 saturated carbocycles. The van der Waals surface area contributed by atoms with Gasteiger partial charge in [-0.3, -0.25) is 4.79 Å². The van der Waals surface area contributed by atoms with Crippen molar-refractivity contribution in [3.63, 3.8) is 0 Å². The maximum atomic E-state index is 12.9. The third kappa shape index (κ3) is 5.32. The Morgan fingerprint density at radius 3 is 2.61 bits per heavy atom. The molecule has 0 aliphatic carbocycles. The van der Waals surface area contributed by atoms with Crippen molar-refractivity contribution in [3.05, 3.63) is 52.3 Å². The lowest BCUT2D eigenvalue weighted by Crippen LogP contribution is -2.40. The topological polar surface area (TPSA) is 130 Å². The van der Waals surface area contributed by atoms with Crippen LogP contribution in [0.3, 0.4) is 0 Å². The zero-order valence-electron chi connectivity index (χ0n) is 19.1. The van der Waals surface area contributed by atoms with Crippen LogP contribution < -0.4 is 5.43 Å². The van der Waals surface area contributed by atoms with Gasteiger partial charge in [-0.2, -0.15) is 9.41 Å². The van der Waals surface area contributed by atoms with Gasteiger partial charge in [0, 0.05) is 24.3 Å². The molecule has 1 aliphatic heterocycles. The molecule has 1 amide bonds. The Balaban J connectivity index is 1.78. The molecule has 33 heavy (non-hydrogen) atoms. The number of sulfonamides is 1. The second-order valence-corrected chi connectivity index (χ2v) is 9.47. The van der Waals surface area contributed by atoms with E-state index in [1.165, 1.54) is 28.6 Å². The number of morpholine rings is 1. The van der Waals surface area contributed by atoms with Crippen LogP contribution in [0.1, 0.15) is 51.5 Å². The highest BCUT2D eigenvalue weighted by molar-refractivity contribution is 7.89. The number of carbonyl (C=O) groups is 2. The minimum absolute atomic E-state index is 0.0349. The molecule has 1 fully saturated rings. The number of amides is 1. The Morgan fingerprint density at radius 1 is 1.24 bits per heavy atom. The van der Waals surface area contributed by atoms with E-state index in [1.54, 1.807) is 27.7 Å². The number of hydrogen-bond acceptors (Lipinski definition) is 7. The number of hydrazone groups is 1. The highest BCUT2D eigenvalue weighted by Crippen LogP contribution is 2.20. The van der Waals surface area contributed by atoms with E-state index >= 15 is 0 Å². The zero-order valence-corrected chi connectivity index (χ0v) is 19.9. The Labute approximate surface area is 193 Å². The van der Waals surface area contributed by atoms with Crippen LogP contribution in [0.5, 0.6) is 0 Å².